The molecule has 2 heterocycles. The van der Waals surface area contributed by atoms with Crippen molar-refractivity contribution in [2.24, 2.45) is 4.99 Å². The smallest absolute Gasteiger partial charge is 0.337 e. The van der Waals surface area contributed by atoms with Crippen LogP contribution in [0.25, 0.3) is 6.08 Å². The Labute approximate surface area is 165 Å². The molecule has 0 radical (unpaired) electrons. The van der Waals surface area contributed by atoms with Crippen LogP contribution in [0.1, 0.15) is 21.5 Å². The largest absolute Gasteiger partial charge is 0.488 e. The van der Waals surface area contributed by atoms with Gasteiger partial charge in [0.25, 0.3) is 5.91 Å². The summed E-state index contributed by atoms with van der Waals surface area (Å²) < 4.78 is 5.71. The number of fused-ring (bicyclic) bond motifs is 1. The second-order valence-electron chi connectivity index (χ2n) is 6.35. The number of carbonyl (C=O) groups is 2. The molecule has 7 heteroatoms. The fraction of sp³-hybridized carbons (Fsp3) is 0.0952. The van der Waals surface area contributed by atoms with E-state index in [1.807, 2.05) is 37.3 Å². The third-order valence-electron chi connectivity index (χ3n) is 4.23. The Balaban J connectivity index is 1.61. The maximum absolute atomic E-state index is 12.3. The van der Waals surface area contributed by atoms with Gasteiger partial charge in [0.1, 0.15) is 12.4 Å². The Morgan fingerprint density at radius 2 is 2.11 bits per heavy atom. The predicted octanol–water partition coefficient (Wildman–Crippen LogP) is 3.90. The second-order valence-corrected chi connectivity index (χ2v) is 7.38. The summed E-state index contributed by atoms with van der Waals surface area (Å²) in [6, 6.07) is 12.6. The number of nitrogens with one attached hydrogen (secondary N) is 1. The molecule has 0 saturated carbocycles. The number of aliphatic imine (C=N–C) groups is 1. The molecule has 0 unspecified atom stereocenters. The Hall–Kier alpha value is -3.32. The lowest BCUT2D eigenvalue weighted by Gasteiger charge is -2.15. The van der Waals surface area contributed by atoms with Crippen molar-refractivity contribution in [2.45, 2.75) is 6.92 Å². The average molecular weight is 392 g/mol. The van der Waals surface area contributed by atoms with Crippen LogP contribution in [-0.4, -0.2) is 28.8 Å². The minimum atomic E-state index is -1.06. The van der Waals surface area contributed by atoms with Gasteiger partial charge < -0.3 is 15.2 Å². The zero-order valence-electron chi connectivity index (χ0n) is 14.9. The Kier molecular flexibility index (Phi) is 4.75. The van der Waals surface area contributed by atoms with Crippen molar-refractivity contribution in [2.75, 3.05) is 6.61 Å². The summed E-state index contributed by atoms with van der Waals surface area (Å²) in [7, 11) is 0. The molecule has 6 nitrogen and oxygen atoms in total. The molecule has 0 aliphatic carbocycles. The first-order valence-electron chi connectivity index (χ1n) is 8.55. The summed E-state index contributed by atoms with van der Waals surface area (Å²) >= 11 is 1.18. The minimum absolute atomic E-state index is 0.0883. The first-order valence-corrected chi connectivity index (χ1v) is 9.37. The molecule has 4 rings (SSSR count). The van der Waals surface area contributed by atoms with Crippen LogP contribution in [0.4, 0.5) is 5.69 Å². The molecule has 0 aromatic heterocycles. The van der Waals surface area contributed by atoms with Crippen molar-refractivity contribution in [1.82, 2.24) is 5.32 Å². The summed E-state index contributed by atoms with van der Waals surface area (Å²) in [5.41, 5.74) is 3.12. The van der Waals surface area contributed by atoms with Crippen LogP contribution in [0.3, 0.4) is 0 Å². The highest BCUT2D eigenvalue weighted by atomic mass is 32.2. The van der Waals surface area contributed by atoms with Gasteiger partial charge in [0.2, 0.25) is 0 Å². The maximum atomic E-state index is 12.3. The minimum Gasteiger partial charge on any atom is -0.488 e. The van der Waals surface area contributed by atoms with Crippen molar-refractivity contribution in [3.05, 3.63) is 75.7 Å². The van der Waals surface area contributed by atoms with Gasteiger partial charge in [-0.25, -0.2) is 9.79 Å². The second kappa shape index (κ2) is 7.36. The Morgan fingerprint density at radius 3 is 2.93 bits per heavy atom. The summed E-state index contributed by atoms with van der Waals surface area (Å²) in [6.07, 6.45) is 3.75. The van der Waals surface area contributed by atoms with Gasteiger partial charge >= 0.3 is 5.97 Å². The van der Waals surface area contributed by atoms with Crippen molar-refractivity contribution < 1.29 is 19.4 Å². The molecule has 2 aliphatic rings. The van der Waals surface area contributed by atoms with Crippen LogP contribution >= 0.6 is 11.8 Å². The normalized spacial score (nSPS) is 18.5. The molecule has 140 valence electrons. The first-order chi connectivity index (χ1) is 13.5. The van der Waals surface area contributed by atoms with E-state index in [9.17, 15) is 14.7 Å². The summed E-state index contributed by atoms with van der Waals surface area (Å²) in [5.74, 6) is -0.517. The molecule has 0 spiro atoms. The van der Waals surface area contributed by atoms with Gasteiger partial charge in [0.05, 0.1) is 16.2 Å². The molecule has 1 amide bonds. The first kappa shape index (κ1) is 18.1. The third-order valence-corrected chi connectivity index (χ3v) is 5.14. The molecule has 28 heavy (non-hydrogen) atoms. The fourth-order valence-corrected chi connectivity index (χ4v) is 3.74. The highest BCUT2D eigenvalue weighted by Gasteiger charge is 2.25. The van der Waals surface area contributed by atoms with Crippen LogP contribution in [0, 0.1) is 6.92 Å². The van der Waals surface area contributed by atoms with Crippen LogP contribution in [-0.2, 0) is 4.79 Å². The zero-order valence-corrected chi connectivity index (χ0v) is 15.7. The molecular formula is C21H16N2O4S. The monoisotopic (exact) mass is 392 g/mol. The summed E-state index contributed by atoms with van der Waals surface area (Å²) in [5, 5.41) is 12.4. The van der Waals surface area contributed by atoms with E-state index in [0.29, 0.717) is 22.4 Å². The quantitative estimate of drug-likeness (QED) is 0.774. The maximum Gasteiger partial charge on any atom is 0.337 e. The van der Waals surface area contributed by atoms with Crippen LogP contribution in [0.5, 0.6) is 5.75 Å². The lowest BCUT2D eigenvalue weighted by molar-refractivity contribution is -0.115. The van der Waals surface area contributed by atoms with Crippen LogP contribution < -0.4 is 10.1 Å². The molecule has 2 aromatic carbocycles. The summed E-state index contributed by atoms with van der Waals surface area (Å²) in [4.78, 5) is 28.5. The predicted molar refractivity (Wildman–Crippen MR) is 109 cm³/mol. The van der Waals surface area contributed by atoms with E-state index in [-0.39, 0.29) is 11.5 Å². The highest BCUT2D eigenvalue weighted by molar-refractivity contribution is 8.18. The number of hydrogen-bond acceptors (Lipinski definition) is 5. The Morgan fingerprint density at radius 1 is 1.29 bits per heavy atom. The number of nitrogens with zero attached hydrogens (tertiary/aromatic N) is 1. The molecule has 0 bridgehead atoms. The number of aryl methyl sites for hydroxylation is 1. The number of carboxylic acids is 1. The van der Waals surface area contributed by atoms with E-state index in [1.54, 1.807) is 18.2 Å². The Bertz CT molecular complexity index is 1090. The highest BCUT2D eigenvalue weighted by Crippen LogP contribution is 2.31. The number of rotatable bonds is 3. The van der Waals surface area contributed by atoms with E-state index in [0.717, 1.165) is 22.4 Å². The number of thioether (sulfide) groups is 1. The van der Waals surface area contributed by atoms with E-state index in [4.69, 9.17) is 4.74 Å². The van der Waals surface area contributed by atoms with E-state index in [2.05, 4.69) is 10.3 Å². The molecule has 1 saturated heterocycles. The van der Waals surface area contributed by atoms with Crippen LogP contribution in [0.15, 0.2) is 64.0 Å². The van der Waals surface area contributed by atoms with Gasteiger partial charge in [0, 0.05) is 5.56 Å². The number of ether oxygens (including phenoxy) is 1. The number of para-hydroxylation sites is 1. The average Bonchev–Trinajstić information content (AvgIpc) is 3.00. The lowest BCUT2D eigenvalue weighted by atomic mass is 10.1. The van der Waals surface area contributed by atoms with Crippen molar-refractivity contribution >= 4 is 40.6 Å². The van der Waals surface area contributed by atoms with Gasteiger partial charge in [0.15, 0.2) is 5.17 Å². The molecule has 2 aromatic rings. The molecular weight excluding hydrogens is 376 g/mol. The lowest BCUT2D eigenvalue weighted by Crippen LogP contribution is -2.19. The fourth-order valence-electron chi connectivity index (χ4n) is 2.89. The molecule has 1 fully saturated rings. The van der Waals surface area contributed by atoms with Crippen LogP contribution in [0.2, 0.25) is 0 Å². The zero-order chi connectivity index (χ0) is 19.7. The van der Waals surface area contributed by atoms with Gasteiger partial charge in [-0.3, -0.25) is 4.79 Å². The number of amides is 1. The van der Waals surface area contributed by atoms with E-state index in [1.165, 1.54) is 17.8 Å². The SMILES string of the molecule is Cc1ccc(C(=O)O)c(N=C2NC(=O)/C(=C/C3=Cc4ccccc4OC3)S2)c1. The van der Waals surface area contributed by atoms with Crippen molar-refractivity contribution in [1.29, 1.82) is 0 Å². The van der Waals surface area contributed by atoms with Gasteiger partial charge in [-0.05, 0) is 60.2 Å². The van der Waals surface area contributed by atoms with Crippen molar-refractivity contribution in [3.63, 3.8) is 0 Å². The number of aromatic carboxylic acids is 1. The number of carboxylic acid groups (broad SMARTS) is 1. The van der Waals surface area contributed by atoms with E-state index < -0.39 is 5.97 Å². The van der Waals surface area contributed by atoms with E-state index >= 15 is 0 Å². The molecule has 2 aliphatic heterocycles. The number of hydrogen-bond donors (Lipinski definition) is 2. The van der Waals surface area contributed by atoms with Gasteiger partial charge in [-0.15, -0.1) is 0 Å². The number of amidine groups is 1. The number of benzene rings is 2. The molecule has 0 atom stereocenters. The number of carbonyl (C=O) groups excluding carboxylic acids is 1. The van der Waals surface area contributed by atoms with Gasteiger partial charge in [-0.1, -0.05) is 24.3 Å². The van der Waals surface area contributed by atoms with Gasteiger partial charge in [-0.2, -0.15) is 0 Å². The third kappa shape index (κ3) is 3.70. The topological polar surface area (TPSA) is 88.0 Å². The standard InChI is InChI=1S/C21H16N2O4S/c1-12-6-7-15(20(25)26)16(8-12)22-21-23-19(24)18(28-21)10-13-9-14-4-2-3-5-17(14)27-11-13/h2-10H,11H2,1H3,(H,25,26)(H,22,23,24)/b18-10-. The molecule has 2 N–H and O–H groups in total. The van der Waals surface area contributed by atoms with Crippen molar-refractivity contribution in [3.8, 4) is 5.75 Å². The summed E-state index contributed by atoms with van der Waals surface area (Å²) in [6.45, 7) is 2.23.